The number of hydrogen-bond acceptors (Lipinski definition) is 5. The summed E-state index contributed by atoms with van der Waals surface area (Å²) >= 11 is 0. The minimum Gasteiger partial charge on any atom is -0.336 e. The molecule has 0 atom stereocenters. The molecule has 0 radical (unpaired) electrons. The van der Waals surface area contributed by atoms with Gasteiger partial charge in [0.1, 0.15) is 17.1 Å². The zero-order valence-corrected chi connectivity index (χ0v) is 16.9. The summed E-state index contributed by atoms with van der Waals surface area (Å²) in [6, 6.07) is 7.97. The lowest BCUT2D eigenvalue weighted by atomic mass is 9.81. The van der Waals surface area contributed by atoms with E-state index in [1.807, 2.05) is 6.07 Å². The Labute approximate surface area is 173 Å². The van der Waals surface area contributed by atoms with E-state index in [2.05, 4.69) is 20.6 Å². The van der Waals surface area contributed by atoms with Crippen molar-refractivity contribution in [1.82, 2.24) is 25.2 Å². The van der Waals surface area contributed by atoms with Crippen LogP contribution >= 0.6 is 0 Å². The van der Waals surface area contributed by atoms with Gasteiger partial charge in [0.25, 0.3) is 11.8 Å². The van der Waals surface area contributed by atoms with E-state index in [4.69, 9.17) is 4.52 Å². The Morgan fingerprint density at radius 1 is 1.23 bits per heavy atom. The van der Waals surface area contributed by atoms with Crippen LogP contribution in [0.1, 0.15) is 72.9 Å². The minimum atomic E-state index is -0.724. The number of carbonyl (C=O) groups is 1. The fraction of sp³-hybridized carbons (Fsp3) is 0.455. The smallest absolute Gasteiger partial charge is 0.270 e. The molecule has 0 bridgehead atoms. The Bertz CT molecular complexity index is 1080. The van der Waals surface area contributed by atoms with Crippen LogP contribution in [0.5, 0.6) is 0 Å². The molecule has 7 nitrogen and oxygen atoms in total. The van der Waals surface area contributed by atoms with Crippen LogP contribution in [0.3, 0.4) is 0 Å². The predicted octanol–water partition coefficient (Wildman–Crippen LogP) is 4.08. The molecule has 1 aromatic carbocycles. The third-order valence-corrected chi connectivity index (χ3v) is 6.11. The normalized spacial score (nSPS) is 18.3. The Morgan fingerprint density at radius 2 is 2.03 bits per heavy atom. The van der Waals surface area contributed by atoms with Crippen molar-refractivity contribution in [2.75, 3.05) is 0 Å². The third kappa shape index (κ3) is 3.51. The van der Waals surface area contributed by atoms with Gasteiger partial charge in [-0.05, 0) is 43.9 Å². The highest BCUT2D eigenvalue weighted by Gasteiger charge is 2.41. The van der Waals surface area contributed by atoms with Gasteiger partial charge in [0, 0.05) is 18.5 Å². The van der Waals surface area contributed by atoms with Crippen LogP contribution in [-0.2, 0) is 12.6 Å². The van der Waals surface area contributed by atoms with Crippen LogP contribution in [0.25, 0.3) is 11.4 Å². The number of aryl methyl sites for hydroxylation is 1. The topological polar surface area (TPSA) is 85.8 Å². The van der Waals surface area contributed by atoms with E-state index >= 15 is 0 Å². The zero-order valence-electron chi connectivity index (χ0n) is 16.9. The molecule has 2 aromatic heterocycles. The molecule has 2 saturated carbocycles. The van der Waals surface area contributed by atoms with Gasteiger partial charge in [-0.25, -0.2) is 4.39 Å². The number of benzene rings is 1. The maximum atomic E-state index is 13.6. The van der Waals surface area contributed by atoms with Gasteiger partial charge in [-0.3, -0.25) is 9.48 Å². The summed E-state index contributed by atoms with van der Waals surface area (Å²) in [4.78, 5) is 17.7. The van der Waals surface area contributed by atoms with Crippen molar-refractivity contribution in [1.29, 1.82) is 0 Å². The van der Waals surface area contributed by atoms with Gasteiger partial charge in [0.15, 0.2) is 0 Å². The molecule has 2 heterocycles. The van der Waals surface area contributed by atoms with E-state index in [9.17, 15) is 9.18 Å². The van der Waals surface area contributed by atoms with Crippen molar-refractivity contribution >= 4 is 5.91 Å². The largest absolute Gasteiger partial charge is 0.336 e. The first-order valence-electron chi connectivity index (χ1n) is 10.5. The second-order valence-electron chi connectivity index (χ2n) is 8.38. The van der Waals surface area contributed by atoms with Gasteiger partial charge >= 0.3 is 0 Å². The Kier molecular flexibility index (Phi) is 4.64. The molecule has 0 saturated heterocycles. The molecular formula is C22H24FN5O2. The van der Waals surface area contributed by atoms with E-state index in [0.29, 0.717) is 28.9 Å². The summed E-state index contributed by atoms with van der Waals surface area (Å²) in [7, 11) is 1.79. The van der Waals surface area contributed by atoms with E-state index in [1.165, 1.54) is 12.1 Å². The number of amides is 1. The van der Waals surface area contributed by atoms with Crippen molar-refractivity contribution < 1.29 is 13.7 Å². The molecule has 0 unspecified atom stereocenters. The highest BCUT2D eigenvalue weighted by molar-refractivity contribution is 5.93. The van der Waals surface area contributed by atoms with Gasteiger partial charge in [0.2, 0.25) is 5.82 Å². The van der Waals surface area contributed by atoms with Gasteiger partial charge in [-0.1, -0.05) is 36.6 Å². The molecule has 0 aliphatic heterocycles. The van der Waals surface area contributed by atoms with Crippen molar-refractivity contribution in [2.45, 2.75) is 56.4 Å². The van der Waals surface area contributed by atoms with Crippen molar-refractivity contribution in [3.05, 3.63) is 53.4 Å². The lowest BCUT2D eigenvalue weighted by Crippen LogP contribution is -2.48. The molecule has 2 aliphatic carbocycles. The molecule has 5 rings (SSSR count). The fourth-order valence-corrected chi connectivity index (χ4v) is 4.27. The van der Waals surface area contributed by atoms with Crippen LogP contribution in [0, 0.1) is 5.82 Å². The molecule has 3 aromatic rings. The summed E-state index contributed by atoms with van der Waals surface area (Å²) in [5.74, 6) is 0.623. The first-order chi connectivity index (χ1) is 14.5. The van der Waals surface area contributed by atoms with E-state index < -0.39 is 5.54 Å². The number of carbonyl (C=O) groups excluding carboxylic acids is 1. The van der Waals surface area contributed by atoms with Crippen LogP contribution in [-0.4, -0.2) is 25.8 Å². The predicted molar refractivity (Wildman–Crippen MR) is 107 cm³/mol. The highest BCUT2D eigenvalue weighted by atomic mass is 19.1. The summed E-state index contributed by atoms with van der Waals surface area (Å²) in [6.45, 7) is 0. The maximum absolute atomic E-state index is 13.6. The SMILES string of the molecule is Cn1nc(C2CC2)cc1C(=O)NC1(c2nc(-c3cccc(F)c3)no2)CCCCC1. The first kappa shape index (κ1) is 19.0. The van der Waals surface area contributed by atoms with Crippen molar-refractivity contribution in [3.63, 3.8) is 0 Å². The molecule has 2 fully saturated rings. The number of aromatic nitrogens is 4. The van der Waals surface area contributed by atoms with Crippen molar-refractivity contribution in [3.8, 4) is 11.4 Å². The summed E-state index contributed by atoms with van der Waals surface area (Å²) in [6.07, 6.45) is 6.71. The molecule has 1 N–H and O–H groups in total. The standard InChI is InChI=1S/C22H24FN5O2/c1-28-18(13-17(26-28)14-8-9-14)20(29)25-22(10-3-2-4-11-22)21-24-19(27-30-21)15-6-5-7-16(23)12-15/h5-7,12-14H,2-4,8-11H2,1H3,(H,25,29). The highest BCUT2D eigenvalue weighted by Crippen LogP contribution is 2.40. The van der Waals surface area contributed by atoms with Gasteiger partial charge in [-0.2, -0.15) is 10.1 Å². The van der Waals surface area contributed by atoms with E-state index in [0.717, 1.165) is 50.6 Å². The van der Waals surface area contributed by atoms with Gasteiger partial charge in [0.05, 0.1) is 5.69 Å². The van der Waals surface area contributed by atoms with Crippen LogP contribution in [0.15, 0.2) is 34.9 Å². The Balaban J connectivity index is 1.44. The van der Waals surface area contributed by atoms with E-state index in [-0.39, 0.29) is 11.7 Å². The summed E-state index contributed by atoms with van der Waals surface area (Å²) in [5.41, 5.74) is 1.33. The van der Waals surface area contributed by atoms with Crippen LogP contribution < -0.4 is 5.32 Å². The molecule has 2 aliphatic rings. The number of nitrogens with one attached hydrogen (secondary N) is 1. The van der Waals surface area contributed by atoms with Crippen LogP contribution in [0.2, 0.25) is 0 Å². The van der Waals surface area contributed by atoms with E-state index in [1.54, 1.807) is 23.9 Å². The second kappa shape index (κ2) is 7.34. The van der Waals surface area contributed by atoms with Crippen molar-refractivity contribution in [2.24, 2.45) is 7.05 Å². The maximum Gasteiger partial charge on any atom is 0.270 e. The number of rotatable bonds is 5. The quantitative estimate of drug-likeness (QED) is 0.686. The molecule has 156 valence electrons. The number of hydrogen-bond donors (Lipinski definition) is 1. The molecule has 8 heteroatoms. The lowest BCUT2D eigenvalue weighted by Gasteiger charge is -2.34. The molecular weight excluding hydrogens is 385 g/mol. The second-order valence-corrected chi connectivity index (χ2v) is 8.38. The number of nitrogens with zero attached hydrogens (tertiary/aromatic N) is 4. The summed E-state index contributed by atoms with van der Waals surface area (Å²) in [5, 5.41) is 11.7. The third-order valence-electron chi connectivity index (χ3n) is 6.11. The number of halogens is 1. The molecule has 0 spiro atoms. The zero-order chi connectivity index (χ0) is 20.7. The molecule has 1 amide bonds. The Morgan fingerprint density at radius 3 is 2.77 bits per heavy atom. The average Bonchev–Trinajstić information content (AvgIpc) is 3.32. The monoisotopic (exact) mass is 409 g/mol. The average molecular weight is 409 g/mol. The lowest BCUT2D eigenvalue weighted by molar-refractivity contribution is 0.0815. The minimum absolute atomic E-state index is 0.190. The van der Waals surface area contributed by atoms with Crippen LogP contribution in [0.4, 0.5) is 4.39 Å². The van der Waals surface area contributed by atoms with Gasteiger partial charge < -0.3 is 9.84 Å². The Hall–Kier alpha value is -3.03. The first-order valence-corrected chi connectivity index (χ1v) is 10.5. The fourth-order valence-electron chi connectivity index (χ4n) is 4.27. The van der Waals surface area contributed by atoms with Gasteiger partial charge in [-0.15, -0.1) is 0 Å². The molecule has 30 heavy (non-hydrogen) atoms. The summed E-state index contributed by atoms with van der Waals surface area (Å²) < 4.78 is 20.8.